The first-order valence-electron chi connectivity index (χ1n) is 5.88. The molecule has 2 aromatic rings. The zero-order chi connectivity index (χ0) is 12.1. The van der Waals surface area contributed by atoms with Gasteiger partial charge in [-0.05, 0) is 36.2 Å². The Morgan fingerprint density at radius 2 is 1.53 bits per heavy atom. The lowest BCUT2D eigenvalue weighted by Crippen LogP contribution is -2.07. The monoisotopic (exact) mass is 243 g/mol. The maximum atomic E-state index is 5.99. The van der Waals surface area contributed by atoms with Gasteiger partial charge in [0.2, 0.25) is 0 Å². The Hall–Kier alpha value is -1.25. The number of hydrogen-bond donors (Lipinski definition) is 1. The third-order valence-electron chi connectivity index (χ3n) is 2.73. The first-order chi connectivity index (χ1) is 8.29. The third-order valence-corrected chi connectivity index (χ3v) is 3.74. The largest absolute Gasteiger partial charge is 0.324 e. The lowest BCUT2D eigenvalue weighted by atomic mass is 10.1. The summed E-state index contributed by atoms with van der Waals surface area (Å²) in [4.78, 5) is 2.52. The first kappa shape index (κ1) is 12.2. The van der Waals surface area contributed by atoms with Crippen LogP contribution in [0.2, 0.25) is 0 Å². The summed E-state index contributed by atoms with van der Waals surface area (Å²) in [5.41, 5.74) is 7.20. The summed E-state index contributed by atoms with van der Waals surface area (Å²) < 4.78 is 0. The number of benzene rings is 2. The summed E-state index contributed by atoms with van der Waals surface area (Å²) in [6.07, 6.45) is 0.977. The minimum Gasteiger partial charge on any atom is -0.324 e. The van der Waals surface area contributed by atoms with Crippen molar-refractivity contribution in [2.75, 3.05) is 0 Å². The van der Waals surface area contributed by atoms with Gasteiger partial charge in [-0.15, -0.1) is 0 Å². The molecule has 88 valence electrons. The topological polar surface area (TPSA) is 26.0 Å². The van der Waals surface area contributed by atoms with Gasteiger partial charge in [0.1, 0.15) is 0 Å². The SMILES string of the molecule is CC[C@H](N)c1ccc(Sc2ccccc2)cc1. The highest BCUT2D eigenvalue weighted by Gasteiger charge is 2.03. The van der Waals surface area contributed by atoms with E-state index in [4.69, 9.17) is 5.73 Å². The molecule has 0 fully saturated rings. The van der Waals surface area contributed by atoms with Gasteiger partial charge in [0.15, 0.2) is 0 Å². The third kappa shape index (κ3) is 3.35. The fourth-order valence-corrected chi connectivity index (χ4v) is 2.48. The molecule has 0 spiro atoms. The molecule has 0 bridgehead atoms. The Balaban J connectivity index is 2.08. The van der Waals surface area contributed by atoms with Crippen LogP contribution in [0.15, 0.2) is 64.4 Å². The summed E-state index contributed by atoms with van der Waals surface area (Å²) >= 11 is 1.77. The van der Waals surface area contributed by atoms with Gasteiger partial charge in [-0.3, -0.25) is 0 Å². The van der Waals surface area contributed by atoms with Crippen molar-refractivity contribution in [3.8, 4) is 0 Å². The number of hydrogen-bond acceptors (Lipinski definition) is 2. The van der Waals surface area contributed by atoms with Crippen LogP contribution in [0.5, 0.6) is 0 Å². The van der Waals surface area contributed by atoms with Crippen LogP contribution in [0.4, 0.5) is 0 Å². The van der Waals surface area contributed by atoms with Gasteiger partial charge in [0, 0.05) is 15.8 Å². The van der Waals surface area contributed by atoms with E-state index >= 15 is 0 Å². The van der Waals surface area contributed by atoms with E-state index in [0.29, 0.717) is 0 Å². The molecule has 0 saturated carbocycles. The maximum absolute atomic E-state index is 5.99. The molecule has 0 heterocycles. The van der Waals surface area contributed by atoms with Crippen LogP contribution in [0.25, 0.3) is 0 Å². The van der Waals surface area contributed by atoms with Crippen molar-refractivity contribution in [2.24, 2.45) is 5.73 Å². The van der Waals surface area contributed by atoms with Crippen LogP contribution >= 0.6 is 11.8 Å². The van der Waals surface area contributed by atoms with Crippen LogP contribution in [0, 0.1) is 0 Å². The lowest BCUT2D eigenvalue weighted by Gasteiger charge is -2.09. The molecule has 2 N–H and O–H groups in total. The van der Waals surface area contributed by atoms with Gasteiger partial charge in [-0.2, -0.15) is 0 Å². The highest BCUT2D eigenvalue weighted by molar-refractivity contribution is 7.99. The number of nitrogens with two attached hydrogens (primary N) is 1. The zero-order valence-electron chi connectivity index (χ0n) is 9.97. The molecule has 0 radical (unpaired) electrons. The van der Waals surface area contributed by atoms with Crippen LogP contribution in [-0.4, -0.2) is 0 Å². The van der Waals surface area contributed by atoms with E-state index in [1.165, 1.54) is 15.4 Å². The Labute approximate surface area is 107 Å². The normalized spacial score (nSPS) is 12.4. The highest BCUT2D eigenvalue weighted by atomic mass is 32.2. The smallest absolute Gasteiger partial charge is 0.0292 e. The summed E-state index contributed by atoms with van der Waals surface area (Å²) in [5, 5.41) is 0. The van der Waals surface area contributed by atoms with E-state index in [9.17, 15) is 0 Å². The second-order valence-corrected chi connectivity index (χ2v) is 5.15. The van der Waals surface area contributed by atoms with E-state index in [1.54, 1.807) is 11.8 Å². The Morgan fingerprint density at radius 1 is 0.941 bits per heavy atom. The van der Waals surface area contributed by atoms with E-state index in [2.05, 4.69) is 55.5 Å². The van der Waals surface area contributed by atoms with Crippen LogP contribution in [0.3, 0.4) is 0 Å². The van der Waals surface area contributed by atoms with Crippen LogP contribution in [-0.2, 0) is 0 Å². The molecule has 2 aromatic carbocycles. The van der Waals surface area contributed by atoms with Gasteiger partial charge in [0.25, 0.3) is 0 Å². The summed E-state index contributed by atoms with van der Waals surface area (Å²) in [7, 11) is 0. The molecule has 0 saturated heterocycles. The van der Waals surface area contributed by atoms with Gasteiger partial charge < -0.3 is 5.73 Å². The molecule has 0 amide bonds. The predicted octanol–water partition coefficient (Wildman–Crippen LogP) is 4.25. The van der Waals surface area contributed by atoms with Crippen molar-refractivity contribution in [3.05, 3.63) is 60.2 Å². The van der Waals surface area contributed by atoms with Crippen molar-refractivity contribution < 1.29 is 0 Å². The second-order valence-electron chi connectivity index (χ2n) is 4.00. The molecule has 1 atom stereocenters. The molecule has 0 aliphatic carbocycles. The Morgan fingerprint density at radius 3 is 2.12 bits per heavy atom. The van der Waals surface area contributed by atoms with Gasteiger partial charge in [0.05, 0.1) is 0 Å². The average molecular weight is 243 g/mol. The molecular weight excluding hydrogens is 226 g/mol. The lowest BCUT2D eigenvalue weighted by molar-refractivity contribution is 0.698. The van der Waals surface area contributed by atoms with Gasteiger partial charge >= 0.3 is 0 Å². The van der Waals surface area contributed by atoms with Crippen LogP contribution < -0.4 is 5.73 Å². The second kappa shape index (κ2) is 5.89. The average Bonchev–Trinajstić information content (AvgIpc) is 2.40. The molecule has 0 aliphatic rings. The predicted molar refractivity (Wildman–Crippen MR) is 74.2 cm³/mol. The Bertz CT molecular complexity index is 450. The number of rotatable bonds is 4. The Kier molecular flexibility index (Phi) is 4.24. The molecule has 0 aromatic heterocycles. The molecular formula is C15H17NS. The quantitative estimate of drug-likeness (QED) is 0.868. The fraction of sp³-hybridized carbons (Fsp3) is 0.200. The van der Waals surface area contributed by atoms with Crippen molar-refractivity contribution in [3.63, 3.8) is 0 Å². The molecule has 0 unspecified atom stereocenters. The molecule has 2 rings (SSSR count). The minimum atomic E-state index is 0.158. The molecule has 1 nitrogen and oxygen atoms in total. The first-order valence-corrected chi connectivity index (χ1v) is 6.69. The van der Waals surface area contributed by atoms with Gasteiger partial charge in [-0.1, -0.05) is 49.0 Å². The van der Waals surface area contributed by atoms with E-state index < -0.39 is 0 Å². The van der Waals surface area contributed by atoms with Crippen molar-refractivity contribution in [2.45, 2.75) is 29.2 Å². The van der Waals surface area contributed by atoms with Crippen molar-refractivity contribution in [1.29, 1.82) is 0 Å². The highest BCUT2D eigenvalue weighted by Crippen LogP contribution is 2.28. The van der Waals surface area contributed by atoms with Crippen molar-refractivity contribution >= 4 is 11.8 Å². The van der Waals surface area contributed by atoms with Crippen molar-refractivity contribution in [1.82, 2.24) is 0 Å². The molecule has 2 heteroatoms. The fourth-order valence-electron chi connectivity index (χ4n) is 1.64. The van der Waals surface area contributed by atoms with Gasteiger partial charge in [-0.25, -0.2) is 0 Å². The van der Waals surface area contributed by atoms with Crippen LogP contribution in [0.1, 0.15) is 24.9 Å². The minimum absolute atomic E-state index is 0.158. The molecule has 0 aliphatic heterocycles. The zero-order valence-corrected chi connectivity index (χ0v) is 10.8. The molecule has 17 heavy (non-hydrogen) atoms. The standard InChI is InChI=1S/C15H17NS/c1-2-15(16)12-8-10-14(11-9-12)17-13-6-4-3-5-7-13/h3-11,15H,2,16H2,1H3/t15-/m0/s1. The summed E-state index contributed by atoms with van der Waals surface area (Å²) in [6.45, 7) is 2.11. The summed E-state index contributed by atoms with van der Waals surface area (Å²) in [5.74, 6) is 0. The van der Waals surface area contributed by atoms with E-state index in [0.717, 1.165) is 6.42 Å². The maximum Gasteiger partial charge on any atom is 0.0292 e. The summed E-state index contributed by atoms with van der Waals surface area (Å²) in [6, 6.07) is 19.1. The van der Waals surface area contributed by atoms with E-state index in [1.807, 2.05) is 6.07 Å². The van der Waals surface area contributed by atoms with E-state index in [-0.39, 0.29) is 6.04 Å².